The van der Waals surface area contributed by atoms with Gasteiger partial charge in [0.25, 0.3) is 0 Å². The van der Waals surface area contributed by atoms with Gasteiger partial charge in [0, 0.05) is 0 Å². The Kier molecular flexibility index (Phi) is 5.36. The summed E-state index contributed by atoms with van der Waals surface area (Å²) in [7, 11) is 0. The highest BCUT2D eigenvalue weighted by Crippen LogP contribution is 2.26. The van der Waals surface area contributed by atoms with Crippen molar-refractivity contribution in [1.29, 1.82) is 0 Å². The number of aromatic nitrogens is 4. The minimum absolute atomic E-state index is 0.0859. The van der Waals surface area contributed by atoms with E-state index in [4.69, 9.17) is 17.3 Å². The van der Waals surface area contributed by atoms with Crippen molar-refractivity contribution in [3.05, 3.63) is 11.6 Å². The van der Waals surface area contributed by atoms with Crippen LogP contribution in [0.25, 0.3) is 11.2 Å². The average Bonchev–Trinajstić information content (AvgIpc) is 2.82. The van der Waals surface area contributed by atoms with Crippen LogP contribution in [0.5, 0.6) is 0 Å². The van der Waals surface area contributed by atoms with Crippen molar-refractivity contribution in [2.24, 2.45) is 0 Å². The first-order valence-electron chi connectivity index (χ1n) is 7.38. The molecule has 6 nitrogen and oxygen atoms in total. The van der Waals surface area contributed by atoms with Crippen LogP contribution in [0.4, 0.5) is 5.82 Å². The van der Waals surface area contributed by atoms with Gasteiger partial charge in [-0.05, 0) is 24.9 Å². The summed E-state index contributed by atoms with van der Waals surface area (Å²) >= 11 is 5.88. The van der Waals surface area contributed by atoms with Crippen molar-refractivity contribution >= 4 is 28.6 Å². The number of nitrogens with two attached hydrogens (primary N) is 1. The molecular weight excluding hydrogens is 290 g/mol. The van der Waals surface area contributed by atoms with Crippen LogP contribution in [0.3, 0.4) is 0 Å². The molecule has 0 aromatic carbocycles. The Morgan fingerprint density at radius 3 is 2.76 bits per heavy atom. The monoisotopic (exact) mass is 311 g/mol. The maximum absolute atomic E-state index is 10.1. The SMILES string of the molecule is CCCCCCC(C(C)O)n1cnc2c(N)nc(Cl)nc21. The quantitative estimate of drug-likeness (QED) is 0.606. The summed E-state index contributed by atoms with van der Waals surface area (Å²) in [5.74, 6) is 0.263. The molecule has 0 aliphatic rings. The Bertz CT molecular complexity index is 598. The molecule has 7 heteroatoms. The molecule has 0 saturated carbocycles. The molecule has 2 heterocycles. The van der Waals surface area contributed by atoms with Gasteiger partial charge in [0.05, 0.1) is 18.5 Å². The van der Waals surface area contributed by atoms with Crippen LogP contribution >= 0.6 is 11.6 Å². The van der Waals surface area contributed by atoms with Crippen LogP contribution in [0.2, 0.25) is 5.28 Å². The Morgan fingerprint density at radius 2 is 2.10 bits per heavy atom. The second kappa shape index (κ2) is 7.04. The minimum atomic E-state index is -0.501. The van der Waals surface area contributed by atoms with Crippen LogP contribution in [-0.2, 0) is 0 Å². The molecule has 3 N–H and O–H groups in total. The summed E-state index contributed by atoms with van der Waals surface area (Å²) in [5.41, 5.74) is 6.92. The maximum Gasteiger partial charge on any atom is 0.226 e. The first-order valence-corrected chi connectivity index (χ1v) is 7.76. The van der Waals surface area contributed by atoms with Crippen molar-refractivity contribution in [2.75, 3.05) is 5.73 Å². The predicted octanol–water partition coefficient (Wildman–Crippen LogP) is 2.95. The van der Waals surface area contributed by atoms with Gasteiger partial charge in [-0.3, -0.25) is 0 Å². The van der Waals surface area contributed by atoms with E-state index < -0.39 is 6.10 Å². The van der Waals surface area contributed by atoms with Crippen LogP contribution in [0.1, 0.15) is 52.0 Å². The highest BCUT2D eigenvalue weighted by molar-refractivity contribution is 6.28. The van der Waals surface area contributed by atoms with E-state index in [0.29, 0.717) is 11.2 Å². The highest BCUT2D eigenvalue weighted by Gasteiger charge is 2.21. The first kappa shape index (κ1) is 16.0. The second-order valence-corrected chi connectivity index (χ2v) is 5.70. The van der Waals surface area contributed by atoms with Crippen LogP contribution in [-0.4, -0.2) is 30.7 Å². The highest BCUT2D eigenvalue weighted by atomic mass is 35.5. The van der Waals surface area contributed by atoms with Gasteiger partial charge in [-0.15, -0.1) is 0 Å². The number of halogens is 1. The second-order valence-electron chi connectivity index (χ2n) is 5.36. The number of nitrogens with zero attached hydrogens (tertiary/aromatic N) is 4. The van der Waals surface area contributed by atoms with Gasteiger partial charge in [0.15, 0.2) is 11.5 Å². The number of hydrogen-bond acceptors (Lipinski definition) is 5. The van der Waals surface area contributed by atoms with E-state index in [0.717, 1.165) is 19.3 Å². The number of aliphatic hydroxyl groups is 1. The molecule has 2 aromatic rings. The molecule has 2 aromatic heterocycles. The lowest BCUT2D eigenvalue weighted by Gasteiger charge is -2.22. The number of fused-ring (bicyclic) bond motifs is 1. The zero-order valence-corrected chi connectivity index (χ0v) is 13.2. The summed E-state index contributed by atoms with van der Waals surface area (Å²) in [6.45, 7) is 3.96. The average molecular weight is 312 g/mol. The zero-order valence-electron chi connectivity index (χ0n) is 12.5. The number of imidazole rings is 1. The minimum Gasteiger partial charge on any atom is -0.391 e. The van der Waals surface area contributed by atoms with Crippen molar-refractivity contribution in [1.82, 2.24) is 19.5 Å². The fraction of sp³-hybridized carbons (Fsp3) is 0.643. The van der Waals surface area contributed by atoms with Gasteiger partial charge < -0.3 is 15.4 Å². The molecule has 0 radical (unpaired) electrons. The smallest absolute Gasteiger partial charge is 0.226 e. The Balaban J connectivity index is 2.28. The maximum atomic E-state index is 10.1. The van der Waals surface area contributed by atoms with E-state index >= 15 is 0 Å². The molecule has 0 spiro atoms. The van der Waals surface area contributed by atoms with Crippen molar-refractivity contribution in [3.63, 3.8) is 0 Å². The van der Waals surface area contributed by atoms with E-state index in [1.165, 1.54) is 12.8 Å². The summed E-state index contributed by atoms with van der Waals surface area (Å²) < 4.78 is 1.86. The molecule has 0 fully saturated rings. The number of rotatable bonds is 7. The van der Waals surface area contributed by atoms with E-state index in [9.17, 15) is 5.11 Å². The van der Waals surface area contributed by atoms with Crippen molar-refractivity contribution in [3.8, 4) is 0 Å². The van der Waals surface area contributed by atoms with Crippen molar-refractivity contribution in [2.45, 2.75) is 58.1 Å². The van der Waals surface area contributed by atoms with Crippen LogP contribution < -0.4 is 5.73 Å². The van der Waals surface area contributed by atoms with Gasteiger partial charge in [-0.2, -0.15) is 9.97 Å². The third kappa shape index (κ3) is 3.63. The number of nitrogen functional groups attached to an aromatic ring is 1. The molecule has 0 bridgehead atoms. The van der Waals surface area contributed by atoms with E-state index in [-0.39, 0.29) is 17.1 Å². The van der Waals surface area contributed by atoms with E-state index in [1.807, 2.05) is 4.57 Å². The summed E-state index contributed by atoms with van der Waals surface area (Å²) in [6, 6.07) is -0.0859. The van der Waals surface area contributed by atoms with E-state index in [2.05, 4.69) is 21.9 Å². The summed E-state index contributed by atoms with van der Waals surface area (Å²) in [5, 5.41) is 10.2. The third-order valence-corrected chi connectivity index (χ3v) is 3.86. The Morgan fingerprint density at radius 1 is 1.33 bits per heavy atom. The fourth-order valence-corrected chi connectivity index (χ4v) is 2.72. The van der Waals surface area contributed by atoms with Gasteiger partial charge in [0.2, 0.25) is 5.28 Å². The topological polar surface area (TPSA) is 89.8 Å². The Hall–Kier alpha value is -1.40. The van der Waals surface area contributed by atoms with Crippen LogP contribution in [0, 0.1) is 0 Å². The first-order chi connectivity index (χ1) is 10.0. The molecule has 116 valence electrons. The standard InChI is InChI=1S/C14H22ClN5O/c1-3-4-5-6-7-10(9(2)21)20-8-17-11-12(16)18-14(15)19-13(11)20/h8-10,21H,3-7H2,1-2H3,(H2,16,18,19). The predicted molar refractivity (Wildman–Crippen MR) is 84.2 cm³/mol. The normalized spacial score (nSPS) is 14.5. The van der Waals surface area contributed by atoms with E-state index in [1.54, 1.807) is 13.3 Å². The van der Waals surface area contributed by atoms with Gasteiger partial charge in [0.1, 0.15) is 5.52 Å². The molecule has 2 atom stereocenters. The lowest BCUT2D eigenvalue weighted by atomic mass is 10.0. The molecule has 0 aliphatic carbocycles. The lowest BCUT2D eigenvalue weighted by Crippen LogP contribution is -2.21. The third-order valence-electron chi connectivity index (χ3n) is 3.69. The molecule has 0 saturated heterocycles. The number of aliphatic hydroxyl groups excluding tert-OH is 1. The van der Waals surface area contributed by atoms with Gasteiger partial charge in [-0.25, -0.2) is 4.98 Å². The van der Waals surface area contributed by atoms with Crippen molar-refractivity contribution < 1.29 is 5.11 Å². The fourth-order valence-electron chi connectivity index (χ4n) is 2.55. The van der Waals surface area contributed by atoms with Gasteiger partial charge >= 0.3 is 0 Å². The largest absolute Gasteiger partial charge is 0.391 e. The molecule has 2 unspecified atom stereocenters. The Labute approximate surface area is 129 Å². The lowest BCUT2D eigenvalue weighted by molar-refractivity contribution is 0.124. The number of unbranched alkanes of at least 4 members (excludes halogenated alkanes) is 3. The molecule has 21 heavy (non-hydrogen) atoms. The molecule has 0 amide bonds. The van der Waals surface area contributed by atoms with Gasteiger partial charge in [-0.1, -0.05) is 32.6 Å². The molecular formula is C14H22ClN5O. The molecule has 2 rings (SSSR count). The molecule has 0 aliphatic heterocycles. The van der Waals surface area contributed by atoms with Crippen LogP contribution in [0.15, 0.2) is 6.33 Å². The summed E-state index contributed by atoms with van der Waals surface area (Å²) in [6.07, 6.45) is 6.62. The zero-order chi connectivity index (χ0) is 15.4. The number of hydrogen-bond donors (Lipinski definition) is 2. The number of anilines is 1. The summed E-state index contributed by atoms with van der Waals surface area (Å²) in [4.78, 5) is 12.4.